The average Bonchev–Trinajstić information content (AvgIpc) is 3.28. The van der Waals surface area contributed by atoms with E-state index in [1.165, 1.54) is 12.1 Å². The van der Waals surface area contributed by atoms with Gasteiger partial charge in [0, 0.05) is 31.9 Å². The Balaban J connectivity index is 1.51. The van der Waals surface area contributed by atoms with Crippen LogP contribution >= 0.6 is 0 Å². The summed E-state index contributed by atoms with van der Waals surface area (Å²) in [5.74, 6) is 0.589. The molecule has 0 bridgehead atoms. The maximum absolute atomic E-state index is 13.1. The maximum Gasteiger partial charge on any atom is 0.257 e. The van der Waals surface area contributed by atoms with Crippen molar-refractivity contribution in [1.29, 1.82) is 0 Å². The Hall–Kier alpha value is -3.03. The fourth-order valence-corrected chi connectivity index (χ4v) is 3.46. The molecule has 140 valence electrons. The lowest BCUT2D eigenvalue weighted by Crippen LogP contribution is -2.39. The van der Waals surface area contributed by atoms with E-state index < -0.39 is 0 Å². The number of aromatic nitrogens is 4. The topological polar surface area (TPSA) is 77.1 Å². The van der Waals surface area contributed by atoms with Gasteiger partial charge in [0.25, 0.3) is 5.91 Å². The number of amides is 1. The van der Waals surface area contributed by atoms with E-state index in [-0.39, 0.29) is 17.6 Å². The Morgan fingerprint density at radius 2 is 2.07 bits per heavy atom. The number of carbonyl (C=O) groups is 1. The average molecular weight is 369 g/mol. The van der Waals surface area contributed by atoms with Gasteiger partial charge in [0.15, 0.2) is 0 Å². The number of piperidine rings is 1. The lowest BCUT2D eigenvalue weighted by atomic mass is 9.97. The van der Waals surface area contributed by atoms with Gasteiger partial charge in [-0.1, -0.05) is 5.16 Å². The highest BCUT2D eigenvalue weighted by molar-refractivity contribution is 5.95. The zero-order chi connectivity index (χ0) is 19.0. The van der Waals surface area contributed by atoms with E-state index in [1.54, 1.807) is 30.1 Å². The molecular weight excluding hydrogens is 349 g/mol. The molecule has 0 aliphatic carbocycles. The van der Waals surface area contributed by atoms with Crippen LogP contribution in [0.4, 0.5) is 4.39 Å². The molecule has 3 aromatic rings. The van der Waals surface area contributed by atoms with E-state index in [9.17, 15) is 9.18 Å². The van der Waals surface area contributed by atoms with Gasteiger partial charge in [0.2, 0.25) is 11.7 Å². The smallest absolute Gasteiger partial charge is 0.257 e. The van der Waals surface area contributed by atoms with Gasteiger partial charge in [-0.15, -0.1) is 0 Å². The van der Waals surface area contributed by atoms with Crippen LogP contribution in [-0.2, 0) is 7.05 Å². The van der Waals surface area contributed by atoms with Gasteiger partial charge in [0.1, 0.15) is 5.82 Å². The molecule has 0 saturated carbocycles. The van der Waals surface area contributed by atoms with Crippen molar-refractivity contribution >= 4 is 5.91 Å². The molecule has 7 nitrogen and oxygen atoms in total. The number of aryl methyl sites for hydroxylation is 2. The van der Waals surface area contributed by atoms with Gasteiger partial charge < -0.3 is 9.42 Å². The molecule has 0 N–H and O–H groups in total. The summed E-state index contributed by atoms with van der Waals surface area (Å²) in [5.41, 5.74) is 2.04. The second-order valence-electron chi connectivity index (χ2n) is 6.86. The summed E-state index contributed by atoms with van der Waals surface area (Å²) in [4.78, 5) is 19.1. The first kappa shape index (κ1) is 17.4. The highest BCUT2D eigenvalue weighted by atomic mass is 19.1. The Morgan fingerprint density at radius 1 is 1.30 bits per heavy atom. The number of nitrogens with zero attached hydrogens (tertiary/aromatic N) is 5. The fourth-order valence-electron chi connectivity index (χ4n) is 3.46. The van der Waals surface area contributed by atoms with Crippen molar-refractivity contribution < 1.29 is 13.7 Å². The number of likely N-dealkylation sites (tertiary alicyclic amines) is 1. The Labute approximate surface area is 155 Å². The fraction of sp³-hybridized carbons (Fsp3) is 0.368. The van der Waals surface area contributed by atoms with Gasteiger partial charge in [-0.05, 0) is 44.0 Å². The first-order valence-electron chi connectivity index (χ1n) is 8.90. The predicted octanol–water partition coefficient (Wildman–Crippen LogP) is 2.94. The van der Waals surface area contributed by atoms with E-state index in [4.69, 9.17) is 4.52 Å². The third-order valence-electron chi connectivity index (χ3n) is 4.85. The highest BCUT2D eigenvalue weighted by Gasteiger charge is 2.30. The molecular formula is C19H20FN5O2. The molecule has 0 radical (unpaired) electrons. The number of halogens is 1. The molecule has 4 rings (SSSR count). The summed E-state index contributed by atoms with van der Waals surface area (Å²) in [5, 5.41) is 8.26. The van der Waals surface area contributed by atoms with Crippen LogP contribution in [0.25, 0.3) is 11.4 Å². The second kappa shape index (κ2) is 6.94. The largest absolute Gasteiger partial charge is 0.339 e. The summed E-state index contributed by atoms with van der Waals surface area (Å²) in [7, 11) is 1.80. The zero-order valence-electron chi connectivity index (χ0n) is 15.2. The van der Waals surface area contributed by atoms with Gasteiger partial charge in [-0.2, -0.15) is 10.1 Å². The molecule has 1 aromatic carbocycles. The van der Waals surface area contributed by atoms with Crippen molar-refractivity contribution in [2.45, 2.75) is 25.7 Å². The number of carbonyl (C=O) groups excluding carboxylic acids is 1. The Kier molecular flexibility index (Phi) is 4.47. The predicted molar refractivity (Wildman–Crippen MR) is 95.5 cm³/mol. The van der Waals surface area contributed by atoms with Gasteiger partial charge in [-0.25, -0.2) is 4.39 Å². The first-order chi connectivity index (χ1) is 13.0. The van der Waals surface area contributed by atoms with Crippen LogP contribution in [0.5, 0.6) is 0 Å². The highest BCUT2D eigenvalue weighted by Crippen LogP contribution is 2.28. The monoisotopic (exact) mass is 369 g/mol. The van der Waals surface area contributed by atoms with Crippen molar-refractivity contribution in [2.24, 2.45) is 7.05 Å². The molecule has 1 saturated heterocycles. The van der Waals surface area contributed by atoms with Crippen LogP contribution in [0.1, 0.15) is 40.7 Å². The number of benzene rings is 1. The molecule has 2 aromatic heterocycles. The summed E-state index contributed by atoms with van der Waals surface area (Å²) in [6.07, 6.45) is 3.49. The van der Waals surface area contributed by atoms with Crippen molar-refractivity contribution in [3.8, 4) is 11.4 Å². The molecule has 1 unspecified atom stereocenters. The molecule has 3 heterocycles. The molecule has 0 spiro atoms. The first-order valence-corrected chi connectivity index (χ1v) is 8.90. The molecule has 1 amide bonds. The molecule has 27 heavy (non-hydrogen) atoms. The van der Waals surface area contributed by atoms with Crippen LogP contribution in [0.15, 0.2) is 35.0 Å². The standard InChI is InChI=1S/C19H20FN5O2/c1-12-16(11-24(2)22-12)19(26)25-9-3-4-14(10-25)18-21-17(23-27-18)13-5-7-15(20)8-6-13/h5-8,11,14H,3-4,9-10H2,1-2H3. The van der Waals surface area contributed by atoms with Gasteiger partial charge >= 0.3 is 0 Å². The lowest BCUT2D eigenvalue weighted by molar-refractivity contribution is 0.0695. The maximum atomic E-state index is 13.1. The molecule has 1 fully saturated rings. The normalized spacial score (nSPS) is 17.3. The number of rotatable bonds is 3. The van der Waals surface area contributed by atoms with E-state index in [2.05, 4.69) is 15.2 Å². The van der Waals surface area contributed by atoms with E-state index in [0.29, 0.717) is 35.9 Å². The second-order valence-corrected chi connectivity index (χ2v) is 6.86. The van der Waals surface area contributed by atoms with Crippen LogP contribution < -0.4 is 0 Å². The minimum absolute atomic E-state index is 0.0126. The van der Waals surface area contributed by atoms with Crippen molar-refractivity contribution in [2.75, 3.05) is 13.1 Å². The quantitative estimate of drug-likeness (QED) is 0.709. The van der Waals surface area contributed by atoms with Gasteiger partial charge in [-0.3, -0.25) is 9.48 Å². The van der Waals surface area contributed by atoms with Crippen LogP contribution in [0, 0.1) is 12.7 Å². The summed E-state index contributed by atoms with van der Waals surface area (Å²) in [6.45, 7) is 3.06. The van der Waals surface area contributed by atoms with E-state index >= 15 is 0 Å². The van der Waals surface area contributed by atoms with Crippen molar-refractivity contribution in [3.63, 3.8) is 0 Å². The molecule has 8 heteroatoms. The van der Waals surface area contributed by atoms with E-state index in [1.807, 2.05) is 11.8 Å². The Bertz CT molecular complexity index is 963. The molecule has 1 aliphatic rings. The van der Waals surface area contributed by atoms with Crippen LogP contribution in [0.2, 0.25) is 0 Å². The Morgan fingerprint density at radius 3 is 2.78 bits per heavy atom. The summed E-state index contributed by atoms with van der Waals surface area (Å²) in [6, 6.07) is 5.96. The molecule has 1 atom stereocenters. The zero-order valence-corrected chi connectivity index (χ0v) is 15.2. The summed E-state index contributed by atoms with van der Waals surface area (Å²) >= 11 is 0. The van der Waals surface area contributed by atoms with E-state index in [0.717, 1.165) is 18.5 Å². The van der Waals surface area contributed by atoms with Crippen molar-refractivity contribution in [1.82, 2.24) is 24.8 Å². The van der Waals surface area contributed by atoms with Gasteiger partial charge in [0.05, 0.1) is 17.2 Å². The van der Waals surface area contributed by atoms with Crippen LogP contribution in [0.3, 0.4) is 0 Å². The minimum Gasteiger partial charge on any atom is -0.339 e. The minimum atomic E-state index is -0.311. The molecule has 1 aliphatic heterocycles. The third-order valence-corrected chi connectivity index (χ3v) is 4.85. The lowest BCUT2D eigenvalue weighted by Gasteiger charge is -2.30. The number of hydrogen-bond acceptors (Lipinski definition) is 5. The van der Waals surface area contributed by atoms with Crippen molar-refractivity contribution in [3.05, 3.63) is 53.4 Å². The number of hydrogen-bond donors (Lipinski definition) is 0. The SMILES string of the molecule is Cc1nn(C)cc1C(=O)N1CCCC(c2nc(-c3ccc(F)cc3)no2)C1. The third kappa shape index (κ3) is 3.47. The summed E-state index contributed by atoms with van der Waals surface area (Å²) < 4.78 is 20.2. The van der Waals surface area contributed by atoms with Crippen LogP contribution in [-0.4, -0.2) is 43.8 Å².